The van der Waals surface area contributed by atoms with Crippen LogP contribution in [-0.4, -0.2) is 29.0 Å². The quantitative estimate of drug-likeness (QED) is 0.662. The summed E-state index contributed by atoms with van der Waals surface area (Å²) < 4.78 is 0. The lowest BCUT2D eigenvalue weighted by Crippen LogP contribution is -2.38. The highest BCUT2D eigenvalue weighted by Gasteiger charge is 2.19. The SMILES string of the molecule is Cc1ccc(-c2[nH]c3ccccc3c2CCN2CCCCC2C)cc1. The average Bonchev–Trinajstić information content (AvgIpc) is 3.00. The van der Waals surface area contributed by atoms with Crippen molar-refractivity contribution in [3.63, 3.8) is 0 Å². The number of aryl methyl sites for hydroxylation is 1. The van der Waals surface area contributed by atoms with Crippen LogP contribution in [0.5, 0.6) is 0 Å². The third-order valence-electron chi connectivity index (χ3n) is 5.74. The maximum absolute atomic E-state index is 3.68. The van der Waals surface area contributed by atoms with E-state index in [4.69, 9.17) is 0 Å². The summed E-state index contributed by atoms with van der Waals surface area (Å²) in [6, 6.07) is 18.4. The summed E-state index contributed by atoms with van der Waals surface area (Å²) in [6.45, 7) is 6.94. The molecule has 0 aliphatic carbocycles. The fraction of sp³-hybridized carbons (Fsp3) is 0.391. The first-order valence-electron chi connectivity index (χ1n) is 9.63. The Morgan fingerprint density at radius 1 is 1.04 bits per heavy atom. The van der Waals surface area contributed by atoms with Crippen molar-refractivity contribution in [3.8, 4) is 11.3 Å². The summed E-state index contributed by atoms with van der Waals surface area (Å²) >= 11 is 0. The molecule has 1 saturated heterocycles. The molecule has 1 aliphatic heterocycles. The predicted octanol–water partition coefficient (Wildman–Crippen LogP) is 5.56. The normalized spacial score (nSPS) is 18.7. The van der Waals surface area contributed by atoms with Gasteiger partial charge in [0.25, 0.3) is 0 Å². The summed E-state index contributed by atoms with van der Waals surface area (Å²) in [6.07, 6.45) is 5.19. The zero-order valence-corrected chi connectivity index (χ0v) is 15.4. The molecule has 2 heteroatoms. The Labute approximate surface area is 150 Å². The molecule has 1 aromatic heterocycles. The molecule has 1 atom stereocenters. The van der Waals surface area contributed by atoms with Gasteiger partial charge in [0.2, 0.25) is 0 Å². The minimum Gasteiger partial charge on any atom is -0.354 e. The summed E-state index contributed by atoms with van der Waals surface area (Å²) in [4.78, 5) is 6.35. The third kappa shape index (κ3) is 3.36. The molecule has 2 heterocycles. The van der Waals surface area contributed by atoms with Crippen LogP contribution < -0.4 is 0 Å². The van der Waals surface area contributed by atoms with E-state index >= 15 is 0 Å². The molecule has 2 nitrogen and oxygen atoms in total. The molecule has 0 radical (unpaired) electrons. The van der Waals surface area contributed by atoms with Gasteiger partial charge < -0.3 is 9.88 Å². The second-order valence-electron chi connectivity index (χ2n) is 7.52. The monoisotopic (exact) mass is 332 g/mol. The van der Waals surface area contributed by atoms with E-state index in [9.17, 15) is 0 Å². The van der Waals surface area contributed by atoms with Gasteiger partial charge in [-0.15, -0.1) is 0 Å². The fourth-order valence-corrected chi connectivity index (χ4v) is 4.17. The highest BCUT2D eigenvalue weighted by molar-refractivity contribution is 5.90. The Kier molecular flexibility index (Phi) is 4.63. The second-order valence-corrected chi connectivity index (χ2v) is 7.52. The van der Waals surface area contributed by atoms with Gasteiger partial charge in [0.05, 0.1) is 0 Å². The molecule has 1 aliphatic rings. The van der Waals surface area contributed by atoms with Crippen molar-refractivity contribution in [2.24, 2.45) is 0 Å². The van der Waals surface area contributed by atoms with E-state index in [1.165, 1.54) is 59.1 Å². The summed E-state index contributed by atoms with van der Waals surface area (Å²) in [7, 11) is 0. The van der Waals surface area contributed by atoms with Crippen LogP contribution in [0.1, 0.15) is 37.3 Å². The highest BCUT2D eigenvalue weighted by Crippen LogP contribution is 2.31. The van der Waals surface area contributed by atoms with E-state index in [1.807, 2.05) is 0 Å². The van der Waals surface area contributed by atoms with Crippen LogP contribution in [0.2, 0.25) is 0 Å². The average molecular weight is 332 g/mol. The molecule has 1 N–H and O–H groups in total. The van der Waals surface area contributed by atoms with Crippen molar-refractivity contribution in [2.45, 2.75) is 45.6 Å². The summed E-state index contributed by atoms with van der Waals surface area (Å²) in [5, 5.41) is 1.38. The molecule has 3 aromatic rings. The first-order valence-corrected chi connectivity index (χ1v) is 9.63. The summed E-state index contributed by atoms with van der Waals surface area (Å²) in [5.74, 6) is 0. The smallest absolute Gasteiger partial charge is 0.0497 e. The van der Waals surface area contributed by atoms with Crippen LogP contribution in [-0.2, 0) is 6.42 Å². The molecule has 130 valence electrons. The van der Waals surface area contributed by atoms with Gasteiger partial charge in [0, 0.05) is 29.2 Å². The molecule has 25 heavy (non-hydrogen) atoms. The molecule has 0 saturated carbocycles. The number of aromatic nitrogens is 1. The van der Waals surface area contributed by atoms with E-state index in [-0.39, 0.29) is 0 Å². The van der Waals surface area contributed by atoms with Gasteiger partial charge in [-0.2, -0.15) is 0 Å². The molecular formula is C23H28N2. The largest absolute Gasteiger partial charge is 0.354 e. The lowest BCUT2D eigenvalue weighted by atomic mass is 9.99. The lowest BCUT2D eigenvalue weighted by molar-refractivity contribution is 0.163. The topological polar surface area (TPSA) is 19.0 Å². The number of rotatable bonds is 4. The highest BCUT2D eigenvalue weighted by atomic mass is 15.2. The zero-order chi connectivity index (χ0) is 17.2. The Balaban J connectivity index is 1.68. The lowest BCUT2D eigenvalue weighted by Gasteiger charge is -2.33. The van der Waals surface area contributed by atoms with Gasteiger partial charge in [-0.1, -0.05) is 54.4 Å². The minimum atomic E-state index is 0.724. The predicted molar refractivity (Wildman–Crippen MR) is 107 cm³/mol. The molecule has 1 unspecified atom stereocenters. The Bertz CT molecular complexity index is 844. The number of benzene rings is 2. The summed E-state index contributed by atoms with van der Waals surface area (Å²) in [5.41, 5.74) is 6.62. The van der Waals surface area contributed by atoms with E-state index < -0.39 is 0 Å². The van der Waals surface area contributed by atoms with Crippen molar-refractivity contribution in [2.75, 3.05) is 13.1 Å². The number of para-hydroxylation sites is 1. The van der Waals surface area contributed by atoms with Crippen LogP contribution >= 0.6 is 0 Å². The molecule has 0 amide bonds. The maximum atomic E-state index is 3.68. The number of H-pyrrole nitrogens is 1. The fourth-order valence-electron chi connectivity index (χ4n) is 4.17. The van der Waals surface area contributed by atoms with E-state index in [1.54, 1.807) is 0 Å². The molecule has 4 rings (SSSR count). The Hall–Kier alpha value is -2.06. The number of hydrogen-bond donors (Lipinski definition) is 1. The van der Waals surface area contributed by atoms with Crippen molar-refractivity contribution in [1.29, 1.82) is 0 Å². The van der Waals surface area contributed by atoms with Crippen LogP contribution in [0, 0.1) is 6.92 Å². The molecule has 1 fully saturated rings. The first-order chi connectivity index (χ1) is 12.2. The molecule has 0 bridgehead atoms. The van der Waals surface area contributed by atoms with Gasteiger partial charge in [0.15, 0.2) is 0 Å². The van der Waals surface area contributed by atoms with Crippen molar-refractivity contribution >= 4 is 10.9 Å². The van der Waals surface area contributed by atoms with Gasteiger partial charge in [-0.3, -0.25) is 0 Å². The van der Waals surface area contributed by atoms with E-state index in [2.05, 4.69) is 72.3 Å². The van der Waals surface area contributed by atoms with Gasteiger partial charge >= 0.3 is 0 Å². The molecule has 0 spiro atoms. The van der Waals surface area contributed by atoms with Gasteiger partial charge in [-0.25, -0.2) is 0 Å². The third-order valence-corrected chi connectivity index (χ3v) is 5.74. The number of nitrogens with zero attached hydrogens (tertiary/aromatic N) is 1. The number of likely N-dealkylation sites (tertiary alicyclic amines) is 1. The van der Waals surface area contributed by atoms with Gasteiger partial charge in [-0.05, 0) is 56.8 Å². The van der Waals surface area contributed by atoms with E-state index in [0.29, 0.717) is 0 Å². The van der Waals surface area contributed by atoms with Crippen molar-refractivity contribution < 1.29 is 0 Å². The van der Waals surface area contributed by atoms with Gasteiger partial charge in [0.1, 0.15) is 0 Å². The zero-order valence-electron chi connectivity index (χ0n) is 15.4. The van der Waals surface area contributed by atoms with Crippen LogP contribution in [0.25, 0.3) is 22.2 Å². The number of fused-ring (bicyclic) bond motifs is 1. The van der Waals surface area contributed by atoms with Crippen LogP contribution in [0.15, 0.2) is 48.5 Å². The first kappa shape index (κ1) is 16.4. The number of nitrogens with one attached hydrogen (secondary N) is 1. The Morgan fingerprint density at radius 3 is 2.64 bits per heavy atom. The van der Waals surface area contributed by atoms with E-state index in [0.717, 1.165) is 19.0 Å². The Morgan fingerprint density at radius 2 is 1.84 bits per heavy atom. The molecular weight excluding hydrogens is 304 g/mol. The minimum absolute atomic E-state index is 0.724. The van der Waals surface area contributed by atoms with Crippen LogP contribution in [0.4, 0.5) is 0 Å². The number of hydrogen-bond acceptors (Lipinski definition) is 1. The number of aromatic amines is 1. The second kappa shape index (κ2) is 7.05. The number of piperidine rings is 1. The standard InChI is InChI=1S/C23H28N2/c1-17-10-12-19(13-11-17)23-21(20-8-3-4-9-22(20)24-23)14-16-25-15-6-5-7-18(25)2/h3-4,8-13,18,24H,5-7,14-16H2,1-2H3. The maximum Gasteiger partial charge on any atom is 0.0497 e. The van der Waals surface area contributed by atoms with Crippen LogP contribution in [0.3, 0.4) is 0 Å². The molecule has 2 aromatic carbocycles. The van der Waals surface area contributed by atoms with Crippen molar-refractivity contribution in [3.05, 3.63) is 59.7 Å². The van der Waals surface area contributed by atoms with Crippen molar-refractivity contribution in [1.82, 2.24) is 9.88 Å².